The van der Waals surface area contributed by atoms with Gasteiger partial charge in [-0.25, -0.2) is 0 Å². The van der Waals surface area contributed by atoms with Gasteiger partial charge in [0.2, 0.25) is 5.91 Å². The van der Waals surface area contributed by atoms with Gasteiger partial charge in [0.05, 0.1) is 25.4 Å². The van der Waals surface area contributed by atoms with Crippen molar-refractivity contribution in [3.63, 3.8) is 0 Å². The smallest absolute Gasteiger partial charge is 0.220 e. The zero-order valence-electron chi connectivity index (χ0n) is 33.1. The molecular weight excluding hydrogens is 646 g/mol. The van der Waals surface area contributed by atoms with Gasteiger partial charge < -0.3 is 40.3 Å². The summed E-state index contributed by atoms with van der Waals surface area (Å²) in [4.78, 5) is 12.9. The molecule has 51 heavy (non-hydrogen) atoms. The highest BCUT2D eigenvalue weighted by atomic mass is 16.7. The van der Waals surface area contributed by atoms with Crippen molar-refractivity contribution >= 4 is 5.91 Å². The van der Waals surface area contributed by atoms with E-state index in [1.807, 2.05) is 0 Å². The van der Waals surface area contributed by atoms with E-state index in [2.05, 4.69) is 19.2 Å². The van der Waals surface area contributed by atoms with Gasteiger partial charge in [-0.2, -0.15) is 0 Å². The van der Waals surface area contributed by atoms with Crippen LogP contribution in [0.3, 0.4) is 0 Å². The first-order valence-electron chi connectivity index (χ1n) is 21.7. The Morgan fingerprint density at radius 2 is 0.980 bits per heavy atom. The Morgan fingerprint density at radius 1 is 0.588 bits per heavy atom. The van der Waals surface area contributed by atoms with Crippen LogP contribution in [0.1, 0.15) is 206 Å². The van der Waals surface area contributed by atoms with Gasteiger partial charge in [-0.05, 0) is 12.8 Å². The Labute approximate surface area is 313 Å². The molecule has 0 bridgehead atoms. The number of hydrogen-bond donors (Lipinski definition) is 6. The normalized spacial score (nSPS) is 21.9. The highest BCUT2D eigenvalue weighted by Crippen LogP contribution is 2.23. The number of carbonyl (C=O) groups is 1. The standard InChI is InChI=1S/C42H83NO8/c1-3-5-7-9-11-13-15-17-18-20-22-24-26-28-30-32-38(46)43-35(34-50-42-41(49)40(48)39(47)37(33-44)51-42)36(45)31-29-27-25-23-21-19-16-14-12-10-8-6-4-2/h35-37,39-42,44-45,47-49H,3-34H2,1-2H3,(H,43,46)/t35-,36-,37+,39+,40-,41+,42+/m0/s1. The predicted octanol–water partition coefficient (Wildman–Crippen LogP) is 8.39. The lowest BCUT2D eigenvalue weighted by molar-refractivity contribution is -0.302. The van der Waals surface area contributed by atoms with E-state index in [1.54, 1.807) is 0 Å². The molecule has 1 amide bonds. The van der Waals surface area contributed by atoms with E-state index in [1.165, 1.54) is 141 Å². The lowest BCUT2D eigenvalue weighted by Crippen LogP contribution is -2.60. The first-order valence-corrected chi connectivity index (χ1v) is 21.7. The van der Waals surface area contributed by atoms with Gasteiger partial charge in [0.15, 0.2) is 6.29 Å². The third kappa shape index (κ3) is 25.0. The summed E-state index contributed by atoms with van der Waals surface area (Å²) < 4.78 is 11.2. The van der Waals surface area contributed by atoms with E-state index < -0.39 is 49.5 Å². The van der Waals surface area contributed by atoms with Crippen LogP contribution < -0.4 is 5.32 Å². The Hall–Kier alpha value is -0.810. The van der Waals surface area contributed by atoms with Crippen molar-refractivity contribution in [3.8, 4) is 0 Å². The minimum Gasteiger partial charge on any atom is -0.394 e. The summed E-state index contributed by atoms with van der Waals surface area (Å²) in [7, 11) is 0. The van der Waals surface area contributed by atoms with E-state index in [4.69, 9.17) is 9.47 Å². The van der Waals surface area contributed by atoms with Gasteiger partial charge in [0.25, 0.3) is 0 Å². The van der Waals surface area contributed by atoms with Crippen LogP contribution in [0.25, 0.3) is 0 Å². The minimum atomic E-state index is -1.55. The average Bonchev–Trinajstić information content (AvgIpc) is 3.13. The first kappa shape index (κ1) is 48.2. The van der Waals surface area contributed by atoms with Crippen molar-refractivity contribution in [1.29, 1.82) is 0 Å². The Bertz CT molecular complexity index is 771. The molecule has 0 aromatic rings. The number of hydrogen-bond acceptors (Lipinski definition) is 8. The molecule has 1 fully saturated rings. The minimum absolute atomic E-state index is 0.132. The molecule has 9 nitrogen and oxygen atoms in total. The SMILES string of the molecule is CCCCCCCCCCCCCCCCCC(=O)N[C@@H](CO[C@@H]1O[C@H](CO)[C@@H](O)[C@H](O)[C@H]1O)[C@@H](O)CCCCCCCCCCCCCCC. The zero-order chi connectivity index (χ0) is 37.4. The monoisotopic (exact) mass is 730 g/mol. The topological polar surface area (TPSA) is 149 Å². The molecule has 0 radical (unpaired) electrons. The van der Waals surface area contributed by atoms with Crippen LogP contribution >= 0.6 is 0 Å². The van der Waals surface area contributed by atoms with E-state index >= 15 is 0 Å². The van der Waals surface area contributed by atoms with Crippen LogP contribution in [0, 0.1) is 0 Å². The lowest BCUT2D eigenvalue weighted by Gasteiger charge is -2.40. The summed E-state index contributed by atoms with van der Waals surface area (Å²) in [6, 6.07) is -0.710. The number of amides is 1. The summed E-state index contributed by atoms with van der Waals surface area (Å²) in [6.07, 6.45) is 28.2. The predicted molar refractivity (Wildman–Crippen MR) is 208 cm³/mol. The largest absolute Gasteiger partial charge is 0.394 e. The molecule has 0 saturated carbocycles. The van der Waals surface area contributed by atoms with Crippen molar-refractivity contribution in [2.24, 2.45) is 0 Å². The third-order valence-electron chi connectivity index (χ3n) is 10.7. The number of nitrogens with one attached hydrogen (secondary N) is 1. The van der Waals surface area contributed by atoms with Crippen LogP contribution in [0.2, 0.25) is 0 Å². The maximum absolute atomic E-state index is 12.9. The highest BCUT2D eigenvalue weighted by Gasteiger charge is 2.44. The fraction of sp³-hybridized carbons (Fsp3) is 0.976. The zero-order valence-corrected chi connectivity index (χ0v) is 33.1. The summed E-state index contributed by atoms with van der Waals surface area (Å²) in [5.74, 6) is -0.142. The van der Waals surface area contributed by atoms with Gasteiger partial charge in [-0.1, -0.05) is 187 Å². The first-order chi connectivity index (χ1) is 24.8. The summed E-state index contributed by atoms with van der Waals surface area (Å²) in [6.45, 7) is 3.83. The number of rotatable bonds is 36. The van der Waals surface area contributed by atoms with E-state index in [-0.39, 0.29) is 12.5 Å². The van der Waals surface area contributed by atoms with Crippen molar-refractivity contribution < 1.29 is 39.8 Å². The van der Waals surface area contributed by atoms with Gasteiger partial charge in [-0.3, -0.25) is 4.79 Å². The summed E-state index contributed by atoms with van der Waals surface area (Å²) in [5.41, 5.74) is 0. The highest BCUT2D eigenvalue weighted by molar-refractivity contribution is 5.76. The van der Waals surface area contributed by atoms with Gasteiger partial charge in [-0.15, -0.1) is 0 Å². The average molecular weight is 730 g/mol. The molecule has 7 atom stereocenters. The summed E-state index contributed by atoms with van der Waals surface area (Å²) in [5, 5.41) is 54.2. The number of aliphatic hydroxyl groups excluding tert-OH is 5. The number of carbonyl (C=O) groups excluding carboxylic acids is 1. The van der Waals surface area contributed by atoms with Crippen LogP contribution in [-0.2, 0) is 14.3 Å². The van der Waals surface area contributed by atoms with Crippen molar-refractivity contribution in [2.45, 2.75) is 249 Å². The maximum Gasteiger partial charge on any atom is 0.220 e. The van der Waals surface area contributed by atoms with Crippen LogP contribution in [-0.4, -0.2) is 87.5 Å². The molecule has 0 aliphatic carbocycles. The van der Waals surface area contributed by atoms with Crippen molar-refractivity contribution in [1.82, 2.24) is 5.32 Å². The molecule has 1 aliphatic rings. The van der Waals surface area contributed by atoms with E-state index in [0.717, 1.165) is 38.5 Å². The van der Waals surface area contributed by atoms with Gasteiger partial charge in [0.1, 0.15) is 24.4 Å². The number of ether oxygens (including phenoxy) is 2. The molecule has 9 heteroatoms. The van der Waals surface area contributed by atoms with E-state index in [9.17, 15) is 30.3 Å². The maximum atomic E-state index is 12.9. The van der Waals surface area contributed by atoms with Gasteiger partial charge >= 0.3 is 0 Å². The van der Waals surface area contributed by atoms with Gasteiger partial charge in [0, 0.05) is 6.42 Å². The molecule has 304 valence electrons. The molecular formula is C42H83NO8. The second-order valence-corrected chi connectivity index (χ2v) is 15.5. The van der Waals surface area contributed by atoms with Crippen LogP contribution in [0.4, 0.5) is 0 Å². The molecule has 1 aliphatic heterocycles. The van der Waals surface area contributed by atoms with Crippen molar-refractivity contribution in [2.75, 3.05) is 13.2 Å². The molecule has 1 rings (SSSR count). The fourth-order valence-corrected chi connectivity index (χ4v) is 7.16. The molecule has 0 aromatic carbocycles. The molecule has 0 unspecified atom stereocenters. The molecule has 1 saturated heterocycles. The van der Waals surface area contributed by atoms with Crippen LogP contribution in [0.5, 0.6) is 0 Å². The second-order valence-electron chi connectivity index (χ2n) is 15.5. The molecule has 6 N–H and O–H groups in total. The fourth-order valence-electron chi connectivity index (χ4n) is 7.16. The Balaban J connectivity index is 2.35. The number of unbranched alkanes of at least 4 members (excludes halogenated alkanes) is 26. The Morgan fingerprint density at radius 3 is 1.39 bits per heavy atom. The third-order valence-corrected chi connectivity index (χ3v) is 10.7. The number of aliphatic hydroxyl groups is 5. The quantitative estimate of drug-likeness (QED) is 0.0353. The molecule has 0 aromatic heterocycles. The van der Waals surface area contributed by atoms with Crippen molar-refractivity contribution in [3.05, 3.63) is 0 Å². The lowest BCUT2D eigenvalue weighted by atomic mass is 9.99. The molecule has 1 heterocycles. The molecule has 0 spiro atoms. The Kier molecular flexibility index (Phi) is 31.9. The van der Waals surface area contributed by atoms with Crippen LogP contribution in [0.15, 0.2) is 0 Å². The van der Waals surface area contributed by atoms with E-state index in [0.29, 0.717) is 12.8 Å². The second kappa shape index (κ2) is 33.7. The summed E-state index contributed by atoms with van der Waals surface area (Å²) >= 11 is 0.